The van der Waals surface area contributed by atoms with Crippen molar-refractivity contribution >= 4 is 12.2 Å². The summed E-state index contributed by atoms with van der Waals surface area (Å²) in [6, 6.07) is 12.3. The highest BCUT2D eigenvalue weighted by atomic mass is 14.0. The van der Waals surface area contributed by atoms with Gasteiger partial charge in [0.2, 0.25) is 0 Å². The molecule has 0 aliphatic heterocycles. The summed E-state index contributed by atoms with van der Waals surface area (Å²) in [4.78, 5) is 0. The maximum absolute atomic E-state index is 3.88. The molecule has 0 bridgehead atoms. The van der Waals surface area contributed by atoms with Crippen LogP contribution in [0.2, 0.25) is 0 Å². The van der Waals surface area contributed by atoms with Gasteiger partial charge < -0.3 is 0 Å². The van der Waals surface area contributed by atoms with Crippen LogP contribution in [0.4, 0.5) is 0 Å². The summed E-state index contributed by atoms with van der Waals surface area (Å²) in [6.45, 7) is 11.9. The molecule has 16 heavy (non-hydrogen) atoms. The van der Waals surface area contributed by atoms with Gasteiger partial charge in [0.25, 0.3) is 0 Å². The highest BCUT2D eigenvalue weighted by Crippen LogP contribution is 2.17. The lowest BCUT2D eigenvalue weighted by Gasteiger charge is -2.04. The summed E-state index contributed by atoms with van der Waals surface area (Å²) < 4.78 is 0. The Morgan fingerprint density at radius 2 is 1.12 bits per heavy atom. The average molecular weight is 210 g/mol. The summed E-state index contributed by atoms with van der Waals surface area (Å²) in [5.74, 6) is 0. The lowest BCUT2D eigenvalue weighted by atomic mass is 10.0. The van der Waals surface area contributed by atoms with E-state index in [1.165, 1.54) is 11.1 Å². The summed E-state index contributed by atoms with van der Waals surface area (Å²) in [5.41, 5.74) is 4.68. The lowest BCUT2D eigenvalue weighted by molar-refractivity contribution is 1.40. The molecule has 0 aromatic heterocycles. The number of hydrogen-bond donors (Lipinski definition) is 0. The first-order valence-electron chi connectivity index (χ1n) is 5.39. The van der Waals surface area contributed by atoms with E-state index in [2.05, 4.69) is 39.1 Å². The molecule has 82 valence electrons. The van der Waals surface area contributed by atoms with Crippen LogP contribution in [0.3, 0.4) is 0 Å². The Morgan fingerprint density at radius 1 is 0.750 bits per heavy atom. The van der Waals surface area contributed by atoms with Gasteiger partial charge in [0.05, 0.1) is 0 Å². The van der Waals surface area contributed by atoms with Crippen LogP contribution in [0.5, 0.6) is 0 Å². The van der Waals surface area contributed by atoms with Crippen molar-refractivity contribution in [3.05, 3.63) is 71.8 Å². The summed E-state index contributed by atoms with van der Waals surface area (Å²) >= 11 is 0. The lowest BCUT2D eigenvalue weighted by Crippen LogP contribution is -1.85. The molecule has 0 saturated heterocycles. The van der Waals surface area contributed by atoms with Gasteiger partial charge >= 0.3 is 0 Å². The zero-order chi connectivity index (χ0) is 12.0. The van der Waals surface area contributed by atoms with Crippen LogP contribution in [-0.4, -0.2) is 0 Å². The van der Waals surface area contributed by atoms with Gasteiger partial charge in [-0.05, 0) is 36.1 Å². The highest BCUT2D eigenvalue weighted by Gasteiger charge is 1.98. The Balaban J connectivity index is 3.74. The number of aryl methyl sites for hydroxylation is 2. The first kappa shape index (κ1) is 12.3. The number of rotatable bonds is 2. The number of hydrogen-bond acceptors (Lipinski definition) is 0. The molecular weight excluding hydrogens is 192 g/mol. The van der Waals surface area contributed by atoms with Gasteiger partial charge in [0.1, 0.15) is 0 Å². The van der Waals surface area contributed by atoms with Crippen molar-refractivity contribution in [2.24, 2.45) is 0 Å². The van der Waals surface area contributed by atoms with Crippen LogP contribution in [0.25, 0.3) is 12.2 Å². The molecule has 0 N–H and O–H groups in total. The van der Waals surface area contributed by atoms with Crippen molar-refractivity contribution in [3.63, 3.8) is 0 Å². The van der Waals surface area contributed by atoms with Crippen LogP contribution in [0.15, 0.2) is 49.6 Å². The predicted molar refractivity (Wildman–Crippen MR) is 73.7 cm³/mol. The van der Waals surface area contributed by atoms with Crippen molar-refractivity contribution < 1.29 is 0 Å². The van der Waals surface area contributed by atoms with E-state index in [0.717, 1.165) is 11.1 Å². The van der Waals surface area contributed by atoms with Crippen molar-refractivity contribution in [1.29, 1.82) is 0 Å². The minimum atomic E-state index is 1.14. The smallest absolute Gasteiger partial charge is 0.0158 e. The van der Waals surface area contributed by atoms with Gasteiger partial charge in [-0.25, -0.2) is 0 Å². The molecule has 0 fully saturated rings. The van der Waals surface area contributed by atoms with Crippen molar-refractivity contribution in [2.45, 2.75) is 13.8 Å². The summed E-state index contributed by atoms with van der Waals surface area (Å²) in [6.07, 6.45) is 3.78. The van der Waals surface area contributed by atoms with Crippen LogP contribution in [-0.2, 0) is 0 Å². The van der Waals surface area contributed by atoms with Crippen molar-refractivity contribution in [1.82, 2.24) is 0 Å². The Labute approximate surface area is 98.3 Å². The predicted octanol–water partition coefficient (Wildman–Crippen LogP) is 4.71. The summed E-state index contributed by atoms with van der Waals surface area (Å²) in [5, 5.41) is 0. The molecule has 0 heterocycles. The van der Waals surface area contributed by atoms with E-state index in [0.29, 0.717) is 0 Å². The third kappa shape index (κ3) is 2.83. The molecule has 0 radical (unpaired) electrons. The van der Waals surface area contributed by atoms with Gasteiger partial charge in [-0.2, -0.15) is 0 Å². The van der Waals surface area contributed by atoms with E-state index >= 15 is 0 Å². The molecule has 0 aliphatic carbocycles. The quantitative estimate of drug-likeness (QED) is 0.663. The zero-order valence-corrected chi connectivity index (χ0v) is 10.0. The standard InChI is InChI=1S/C16H18/c1-5-15-13(3)11-9-7-8-10-12-14(4)16(15)6-2/h5-12H,1-2H2,3-4H3. The second-order valence-corrected chi connectivity index (χ2v) is 3.70. The third-order valence-electron chi connectivity index (χ3n) is 2.57. The first-order chi connectivity index (χ1) is 7.70. The molecule has 0 saturated carbocycles. The molecule has 1 aromatic rings. The van der Waals surface area contributed by atoms with Gasteiger partial charge in [0.15, 0.2) is 0 Å². The van der Waals surface area contributed by atoms with E-state index in [1.807, 2.05) is 36.4 Å². The topological polar surface area (TPSA) is 0 Å². The Hall–Kier alpha value is -1.82. The van der Waals surface area contributed by atoms with Gasteiger partial charge in [0, 0.05) is 0 Å². The highest BCUT2D eigenvalue weighted by molar-refractivity contribution is 5.67. The minimum Gasteiger partial charge on any atom is -0.0984 e. The van der Waals surface area contributed by atoms with Crippen molar-refractivity contribution in [3.8, 4) is 0 Å². The van der Waals surface area contributed by atoms with E-state index in [1.54, 1.807) is 0 Å². The largest absolute Gasteiger partial charge is 0.0984 e. The fourth-order valence-electron chi connectivity index (χ4n) is 1.67. The van der Waals surface area contributed by atoms with Gasteiger partial charge in [-0.3, -0.25) is 0 Å². The molecular formula is C16H18. The molecule has 0 aliphatic rings. The van der Waals surface area contributed by atoms with Gasteiger partial charge in [-0.1, -0.05) is 61.7 Å². The molecule has 1 rings (SSSR count). The van der Waals surface area contributed by atoms with Crippen molar-refractivity contribution in [2.75, 3.05) is 0 Å². The molecule has 0 nitrogen and oxygen atoms in total. The van der Waals surface area contributed by atoms with Crippen LogP contribution < -0.4 is 0 Å². The zero-order valence-electron chi connectivity index (χ0n) is 10.0. The molecule has 0 heteroatoms. The minimum absolute atomic E-state index is 1.14. The normalized spacial score (nSPS) is 9.12. The second-order valence-electron chi connectivity index (χ2n) is 3.70. The Morgan fingerprint density at radius 3 is 1.44 bits per heavy atom. The fourth-order valence-corrected chi connectivity index (χ4v) is 1.67. The second kappa shape index (κ2) is 5.92. The maximum atomic E-state index is 3.88. The molecule has 0 spiro atoms. The SMILES string of the molecule is C=Cc1c(C)ccccccc(C)c1C=C. The van der Waals surface area contributed by atoms with E-state index in [-0.39, 0.29) is 0 Å². The van der Waals surface area contributed by atoms with Crippen LogP contribution >= 0.6 is 0 Å². The van der Waals surface area contributed by atoms with Crippen LogP contribution in [0, 0.1) is 13.8 Å². The molecule has 0 unspecified atom stereocenters. The average Bonchev–Trinajstić information content (AvgIpc) is 2.29. The molecule has 0 amide bonds. The van der Waals surface area contributed by atoms with Crippen LogP contribution in [0.1, 0.15) is 22.3 Å². The van der Waals surface area contributed by atoms with Gasteiger partial charge in [-0.15, -0.1) is 0 Å². The summed E-state index contributed by atoms with van der Waals surface area (Å²) in [7, 11) is 0. The third-order valence-corrected chi connectivity index (χ3v) is 2.57. The van der Waals surface area contributed by atoms with E-state index in [9.17, 15) is 0 Å². The molecule has 1 aromatic carbocycles. The monoisotopic (exact) mass is 210 g/mol. The maximum Gasteiger partial charge on any atom is -0.0158 e. The Kier molecular flexibility index (Phi) is 4.53. The Bertz CT molecular complexity index is 408. The van der Waals surface area contributed by atoms with E-state index < -0.39 is 0 Å². The fraction of sp³-hybridized carbons (Fsp3) is 0.125. The first-order valence-corrected chi connectivity index (χ1v) is 5.39. The van der Waals surface area contributed by atoms with E-state index in [4.69, 9.17) is 0 Å². The molecule has 0 atom stereocenters.